The van der Waals surface area contributed by atoms with Crippen molar-refractivity contribution in [3.8, 4) is 72.6 Å². The van der Waals surface area contributed by atoms with Gasteiger partial charge >= 0.3 is 0 Å². The zero-order valence-corrected chi connectivity index (χ0v) is 31.2. The third kappa shape index (κ3) is 4.36. The molecule has 2 aliphatic rings. The highest BCUT2D eigenvalue weighted by Crippen LogP contribution is 2.51. The van der Waals surface area contributed by atoms with Crippen LogP contribution < -0.4 is 0 Å². The van der Waals surface area contributed by atoms with Gasteiger partial charge in [-0.05, 0) is 110 Å². The molecule has 10 aromatic rings. The molecular formula is C54H36N2. The second kappa shape index (κ2) is 11.5. The Morgan fingerprint density at radius 3 is 1.73 bits per heavy atom. The number of fused-ring (bicyclic) bond motifs is 9. The van der Waals surface area contributed by atoms with Gasteiger partial charge in [0.1, 0.15) is 0 Å². The lowest BCUT2D eigenvalue weighted by Crippen LogP contribution is -2.14. The van der Waals surface area contributed by atoms with E-state index < -0.39 is 0 Å². The summed E-state index contributed by atoms with van der Waals surface area (Å²) in [5, 5.41) is 4.98. The lowest BCUT2D eigenvalue weighted by molar-refractivity contribution is 0.660. The van der Waals surface area contributed by atoms with Crippen LogP contribution in [0.25, 0.3) is 105 Å². The molecule has 0 fully saturated rings. The van der Waals surface area contributed by atoms with Crippen molar-refractivity contribution >= 4 is 32.6 Å². The topological polar surface area (TPSA) is 17.8 Å². The minimum atomic E-state index is -0.0495. The van der Waals surface area contributed by atoms with Gasteiger partial charge < -0.3 is 4.57 Å². The molecule has 0 N–H and O–H groups in total. The number of benzene rings is 8. The molecule has 0 unspecified atom stereocenters. The van der Waals surface area contributed by atoms with E-state index in [1.807, 2.05) is 0 Å². The smallest absolute Gasteiger partial charge is 0.0781 e. The molecular weight excluding hydrogens is 677 g/mol. The predicted octanol–water partition coefficient (Wildman–Crippen LogP) is 14.3. The molecule has 2 heterocycles. The van der Waals surface area contributed by atoms with Gasteiger partial charge in [0.15, 0.2) is 0 Å². The summed E-state index contributed by atoms with van der Waals surface area (Å²) < 4.78 is 2.41. The first kappa shape index (κ1) is 31.3. The number of hydrogen-bond donors (Lipinski definition) is 0. The molecule has 2 aromatic heterocycles. The van der Waals surface area contributed by atoms with Gasteiger partial charge in [-0.3, -0.25) is 4.98 Å². The number of aromatic nitrogens is 2. The second-order valence-electron chi connectivity index (χ2n) is 15.9. The molecule has 56 heavy (non-hydrogen) atoms. The highest BCUT2D eigenvalue weighted by molar-refractivity contribution is 6.18. The van der Waals surface area contributed by atoms with E-state index in [2.05, 4.69) is 201 Å². The predicted molar refractivity (Wildman–Crippen MR) is 234 cm³/mol. The van der Waals surface area contributed by atoms with Crippen molar-refractivity contribution in [3.05, 3.63) is 193 Å². The Bertz CT molecular complexity index is 3240. The van der Waals surface area contributed by atoms with Crippen LogP contribution in [0.2, 0.25) is 0 Å². The van der Waals surface area contributed by atoms with E-state index in [9.17, 15) is 0 Å². The molecule has 262 valence electrons. The average molecular weight is 713 g/mol. The first-order valence-corrected chi connectivity index (χ1v) is 19.5. The van der Waals surface area contributed by atoms with Crippen LogP contribution in [0.15, 0.2) is 182 Å². The Labute approximate surface area is 326 Å². The number of para-hydroxylation sites is 1. The molecule has 0 spiro atoms. The lowest BCUT2D eigenvalue weighted by Gasteiger charge is -2.22. The second-order valence-corrected chi connectivity index (χ2v) is 15.9. The molecule has 0 radical (unpaired) electrons. The van der Waals surface area contributed by atoms with Crippen LogP contribution in [-0.2, 0) is 5.41 Å². The van der Waals surface area contributed by atoms with Gasteiger partial charge in [0.2, 0.25) is 0 Å². The zero-order chi connectivity index (χ0) is 37.1. The molecule has 8 aromatic carbocycles. The van der Waals surface area contributed by atoms with Gasteiger partial charge in [-0.1, -0.05) is 141 Å². The van der Waals surface area contributed by atoms with Crippen LogP contribution >= 0.6 is 0 Å². The molecule has 12 rings (SSSR count). The maximum absolute atomic E-state index is 5.12. The number of hydrogen-bond acceptors (Lipinski definition) is 1. The summed E-state index contributed by atoms with van der Waals surface area (Å²) in [4.78, 5) is 5.12. The quantitative estimate of drug-likeness (QED) is 0.178. The molecule has 0 atom stereocenters. The Kier molecular flexibility index (Phi) is 6.43. The van der Waals surface area contributed by atoms with Crippen LogP contribution in [0, 0.1) is 0 Å². The maximum Gasteiger partial charge on any atom is 0.0781 e. The molecule has 0 saturated heterocycles. The monoisotopic (exact) mass is 712 g/mol. The van der Waals surface area contributed by atoms with Crippen molar-refractivity contribution in [3.63, 3.8) is 0 Å². The Morgan fingerprint density at radius 2 is 0.964 bits per heavy atom. The van der Waals surface area contributed by atoms with Gasteiger partial charge in [-0.15, -0.1) is 0 Å². The average Bonchev–Trinajstić information content (AvgIpc) is 3.84. The standard InChI is InChI=1S/C54H36N2/c1-54(2)48-21-9-8-18-41(48)42-25-22-36(31-49(42)54)35-24-27-51-46(30-35)45-29-34(23-26-50(45)56(51)38-14-4-3-5-15-38)33-12-10-13-37(28-33)53-44-20-11-19-43-39-16-6-7-17-40(39)47(32-55-53)52(43)44/h3-32H,1-2H3. The highest BCUT2D eigenvalue weighted by atomic mass is 15.0. The molecule has 0 saturated carbocycles. The van der Waals surface area contributed by atoms with E-state index in [1.165, 1.54) is 99.3 Å². The van der Waals surface area contributed by atoms with Crippen molar-refractivity contribution in [2.75, 3.05) is 0 Å². The van der Waals surface area contributed by atoms with E-state index in [1.54, 1.807) is 0 Å². The van der Waals surface area contributed by atoms with Gasteiger partial charge in [-0.2, -0.15) is 0 Å². The first-order valence-electron chi connectivity index (χ1n) is 19.5. The maximum atomic E-state index is 5.12. The number of rotatable bonds is 4. The summed E-state index contributed by atoms with van der Waals surface area (Å²) in [7, 11) is 0. The summed E-state index contributed by atoms with van der Waals surface area (Å²) >= 11 is 0. The van der Waals surface area contributed by atoms with Gasteiger partial charge in [0.25, 0.3) is 0 Å². The van der Waals surface area contributed by atoms with Crippen LogP contribution in [0.5, 0.6) is 0 Å². The Balaban J connectivity index is 1.01. The van der Waals surface area contributed by atoms with Crippen LogP contribution in [0.1, 0.15) is 25.0 Å². The lowest BCUT2D eigenvalue weighted by atomic mass is 9.81. The number of pyridine rings is 1. The zero-order valence-electron chi connectivity index (χ0n) is 31.2. The fourth-order valence-corrected chi connectivity index (χ4v) is 9.88. The van der Waals surface area contributed by atoms with Crippen LogP contribution in [-0.4, -0.2) is 9.55 Å². The summed E-state index contributed by atoms with van der Waals surface area (Å²) in [6.07, 6.45) is 2.07. The largest absolute Gasteiger partial charge is 0.309 e. The van der Waals surface area contributed by atoms with Crippen molar-refractivity contribution < 1.29 is 0 Å². The number of nitrogens with zero attached hydrogens (tertiary/aromatic N) is 2. The van der Waals surface area contributed by atoms with E-state index in [0.717, 1.165) is 16.9 Å². The van der Waals surface area contributed by atoms with Gasteiger partial charge in [-0.25, -0.2) is 0 Å². The van der Waals surface area contributed by atoms with E-state index in [0.29, 0.717) is 0 Å². The van der Waals surface area contributed by atoms with Crippen molar-refractivity contribution in [2.24, 2.45) is 0 Å². The van der Waals surface area contributed by atoms with Gasteiger partial charge in [0, 0.05) is 50.0 Å². The summed E-state index contributed by atoms with van der Waals surface area (Å²) in [5.74, 6) is 0. The fraction of sp³-hybridized carbons (Fsp3) is 0.0556. The van der Waals surface area contributed by atoms with Crippen LogP contribution in [0.3, 0.4) is 0 Å². The van der Waals surface area contributed by atoms with Crippen LogP contribution in [0.4, 0.5) is 0 Å². The third-order valence-electron chi connectivity index (χ3n) is 12.6. The van der Waals surface area contributed by atoms with E-state index in [4.69, 9.17) is 4.98 Å². The highest BCUT2D eigenvalue weighted by Gasteiger charge is 2.35. The Hall–Kier alpha value is -7.03. The summed E-state index contributed by atoms with van der Waals surface area (Å²) in [6.45, 7) is 4.71. The third-order valence-corrected chi connectivity index (χ3v) is 12.6. The molecule has 2 nitrogen and oxygen atoms in total. The Morgan fingerprint density at radius 1 is 0.393 bits per heavy atom. The fourth-order valence-electron chi connectivity index (χ4n) is 9.88. The van der Waals surface area contributed by atoms with Crippen molar-refractivity contribution in [1.82, 2.24) is 9.55 Å². The molecule has 0 aliphatic heterocycles. The van der Waals surface area contributed by atoms with Gasteiger partial charge in [0.05, 0.1) is 16.7 Å². The molecule has 0 amide bonds. The summed E-state index contributed by atoms with van der Waals surface area (Å²) in [5.41, 5.74) is 21.1. The normalized spacial score (nSPS) is 13.3. The molecule has 2 aliphatic carbocycles. The summed E-state index contributed by atoms with van der Waals surface area (Å²) in [6, 6.07) is 64.9. The van der Waals surface area contributed by atoms with E-state index in [-0.39, 0.29) is 5.41 Å². The molecule has 2 heteroatoms. The first-order chi connectivity index (χ1) is 27.5. The van der Waals surface area contributed by atoms with Crippen molar-refractivity contribution in [1.29, 1.82) is 0 Å². The minimum Gasteiger partial charge on any atom is -0.309 e. The van der Waals surface area contributed by atoms with E-state index >= 15 is 0 Å². The molecule has 0 bridgehead atoms. The minimum absolute atomic E-state index is 0.0495. The SMILES string of the molecule is CC1(C)c2ccccc2-c2ccc(-c3ccc4c(c3)c3cc(-c5cccc(-c6ncc7c8c(cccc68)-c6ccccc6-7)c5)ccc3n4-c3ccccc3)cc21. The van der Waals surface area contributed by atoms with Crippen molar-refractivity contribution in [2.45, 2.75) is 19.3 Å².